The molecule has 112 valence electrons. The fraction of sp³-hybridized carbons (Fsp3) is 1.00. The zero-order valence-corrected chi connectivity index (χ0v) is 12.9. The molecule has 2 fully saturated rings. The van der Waals surface area contributed by atoms with E-state index in [4.69, 9.17) is 4.74 Å². The van der Waals surface area contributed by atoms with Crippen molar-refractivity contribution in [3.8, 4) is 0 Å². The van der Waals surface area contributed by atoms with Crippen molar-refractivity contribution < 1.29 is 4.74 Å². The molecule has 2 saturated heterocycles. The number of nitrogens with zero attached hydrogens (tertiary/aromatic N) is 2. The van der Waals surface area contributed by atoms with Gasteiger partial charge < -0.3 is 15.0 Å². The quantitative estimate of drug-likeness (QED) is 0.807. The molecule has 0 aromatic heterocycles. The Labute approximate surface area is 118 Å². The largest absolute Gasteiger partial charge is 0.379 e. The molecule has 0 aromatic rings. The minimum Gasteiger partial charge on any atom is -0.379 e. The van der Waals surface area contributed by atoms with Crippen molar-refractivity contribution in [3.05, 3.63) is 0 Å². The summed E-state index contributed by atoms with van der Waals surface area (Å²) in [5.41, 5.74) is 0. The molecule has 0 spiro atoms. The van der Waals surface area contributed by atoms with Crippen LogP contribution in [0.2, 0.25) is 0 Å². The average Bonchev–Trinajstić information content (AvgIpc) is 2.74. The van der Waals surface area contributed by atoms with Crippen molar-refractivity contribution >= 4 is 0 Å². The average molecular weight is 269 g/mol. The lowest BCUT2D eigenvalue weighted by atomic mass is 10.0. The van der Waals surface area contributed by atoms with Crippen LogP contribution >= 0.6 is 0 Å². The lowest BCUT2D eigenvalue weighted by Crippen LogP contribution is -2.46. The third kappa shape index (κ3) is 4.15. The van der Waals surface area contributed by atoms with Crippen LogP contribution in [0.15, 0.2) is 0 Å². The summed E-state index contributed by atoms with van der Waals surface area (Å²) < 4.78 is 5.69. The van der Waals surface area contributed by atoms with E-state index in [9.17, 15) is 0 Å². The van der Waals surface area contributed by atoms with Crippen LogP contribution in [0.25, 0.3) is 0 Å². The highest BCUT2D eigenvalue weighted by Crippen LogP contribution is 2.19. The van der Waals surface area contributed by atoms with E-state index in [0.29, 0.717) is 12.0 Å². The van der Waals surface area contributed by atoms with Gasteiger partial charge in [0.15, 0.2) is 0 Å². The number of hydrogen-bond donors (Lipinski definition) is 1. The second-order valence-electron chi connectivity index (χ2n) is 6.13. The normalized spacial score (nSPS) is 34.6. The van der Waals surface area contributed by atoms with Crippen LogP contribution in [0.1, 0.15) is 26.7 Å². The molecule has 2 aliphatic heterocycles. The summed E-state index contributed by atoms with van der Waals surface area (Å²) in [7, 11) is 2.26. The first-order valence-corrected chi connectivity index (χ1v) is 7.98. The molecule has 19 heavy (non-hydrogen) atoms. The van der Waals surface area contributed by atoms with Crippen LogP contribution in [-0.2, 0) is 4.74 Å². The molecule has 2 rings (SSSR count). The molecule has 0 aliphatic carbocycles. The van der Waals surface area contributed by atoms with Crippen LogP contribution < -0.4 is 5.32 Å². The van der Waals surface area contributed by atoms with Gasteiger partial charge in [-0.2, -0.15) is 0 Å². The van der Waals surface area contributed by atoms with Crippen LogP contribution in [0.4, 0.5) is 0 Å². The zero-order valence-electron chi connectivity index (χ0n) is 12.9. The molecule has 3 unspecified atom stereocenters. The molecule has 2 heterocycles. The Hall–Kier alpha value is -0.160. The maximum atomic E-state index is 5.69. The molecule has 0 amide bonds. The summed E-state index contributed by atoms with van der Waals surface area (Å²) in [4.78, 5) is 5.20. The molecule has 3 atom stereocenters. The molecule has 1 N–H and O–H groups in total. The Morgan fingerprint density at radius 1 is 1.21 bits per heavy atom. The highest BCUT2D eigenvalue weighted by molar-refractivity contribution is 4.86. The van der Waals surface area contributed by atoms with Gasteiger partial charge in [-0.15, -0.1) is 0 Å². The second-order valence-corrected chi connectivity index (χ2v) is 6.13. The molecule has 0 saturated carbocycles. The Bertz CT molecular complexity index is 262. The first-order valence-electron chi connectivity index (χ1n) is 7.98. The van der Waals surface area contributed by atoms with Gasteiger partial charge in [0.05, 0.1) is 13.2 Å². The maximum Gasteiger partial charge on any atom is 0.0623 e. The van der Waals surface area contributed by atoms with Gasteiger partial charge in [0.2, 0.25) is 0 Å². The number of ether oxygens (including phenoxy) is 1. The van der Waals surface area contributed by atoms with E-state index in [0.717, 1.165) is 25.8 Å². The van der Waals surface area contributed by atoms with Crippen LogP contribution in [-0.4, -0.2) is 74.9 Å². The lowest BCUT2D eigenvalue weighted by molar-refractivity contribution is 0.137. The molecule has 0 aromatic carbocycles. The lowest BCUT2D eigenvalue weighted by Gasteiger charge is -2.33. The topological polar surface area (TPSA) is 27.7 Å². The summed E-state index contributed by atoms with van der Waals surface area (Å²) in [6.07, 6.45) is 2.55. The Kier molecular flexibility index (Phi) is 6.07. The van der Waals surface area contributed by atoms with Crippen molar-refractivity contribution in [2.24, 2.45) is 5.92 Å². The smallest absolute Gasteiger partial charge is 0.0623 e. The van der Waals surface area contributed by atoms with E-state index in [1.165, 1.54) is 39.0 Å². The standard InChI is InChI=1S/C15H31N3O/c1-4-14-10-17(3)7-6-8-18(14)9-13-11-19-12-15(13)16-5-2/h13-16H,4-12H2,1-3H3. The van der Waals surface area contributed by atoms with Crippen molar-refractivity contribution in [1.82, 2.24) is 15.1 Å². The summed E-state index contributed by atoms with van der Waals surface area (Å²) >= 11 is 0. The third-order valence-electron chi connectivity index (χ3n) is 4.63. The van der Waals surface area contributed by atoms with E-state index < -0.39 is 0 Å². The minimum atomic E-state index is 0.559. The van der Waals surface area contributed by atoms with Crippen molar-refractivity contribution in [2.75, 3.05) is 53.0 Å². The first kappa shape index (κ1) is 15.2. The minimum absolute atomic E-state index is 0.559. The number of likely N-dealkylation sites (N-methyl/N-ethyl adjacent to an activating group) is 2. The Morgan fingerprint density at radius 3 is 2.79 bits per heavy atom. The highest BCUT2D eigenvalue weighted by atomic mass is 16.5. The van der Waals surface area contributed by atoms with Gasteiger partial charge in [-0.3, -0.25) is 4.90 Å². The monoisotopic (exact) mass is 269 g/mol. The fourth-order valence-corrected chi connectivity index (χ4v) is 3.49. The summed E-state index contributed by atoms with van der Waals surface area (Å²) in [6.45, 7) is 12.3. The summed E-state index contributed by atoms with van der Waals surface area (Å²) in [5, 5.41) is 3.58. The highest BCUT2D eigenvalue weighted by Gasteiger charge is 2.31. The van der Waals surface area contributed by atoms with Gasteiger partial charge in [0.25, 0.3) is 0 Å². The Morgan fingerprint density at radius 2 is 2.05 bits per heavy atom. The number of hydrogen-bond acceptors (Lipinski definition) is 4. The third-order valence-corrected chi connectivity index (χ3v) is 4.63. The predicted molar refractivity (Wildman–Crippen MR) is 79.5 cm³/mol. The van der Waals surface area contributed by atoms with E-state index in [-0.39, 0.29) is 0 Å². The van der Waals surface area contributed by atoms with Gasteiger partial charge in [0.1, 0.15) is 0 Å². The van der Waals surface area contributed by atoms with E-state index in [1.54, 1.807) is 0 Å². The van der Waals surface area contributed by atoms with Crippen molar-refractivity contribution in [2.45, 2.75) is 38.8 Å². The van der Waals surface area contributed by atoms with Crippen molar-refractivity contribution in [1.29, 1.82) is 0 Å². The van der Waals surface area contributed by atoms with Crippen LogP contribution in [0.3, 0.4) is 0 Å². The maximum absolute atomic E-state index is 5.69. The molecule has 4 nitrogen and oxygen atoms in total. The number of rotatable bonds is 5. The zero-order chi connectivity index (χ0) is 13.7. The Balaban J connectivity index is 1.91. The first-order chi connectivity index (χ1) is 9.24. The molecular weight excluding hydrogens is 238 g/mol. The van der Waals surface area contributed by atoms with Gasteiger partial charge >= 0.3 is 0 Å². The van der Waals surface area contributed by atoms with E-state index in [2.05, 4.69) is 36.0 Å². The fourth-order valence-electron chi connectivity index (χ4n) is 3.49. The van der Waals surface area contributed by atoms with Gasteiger partial charge in [-0.1, -0.05) is 13.8 Å². The van der Waals surface area contributed by atoms with Gasteiger partial charge in [-0.25, -0.2) is 0 Å². The molecule has 0 radical (unpaired) electrons. The van der Waals surface area contributed by atoms with Gasteiger partial charge in [0, 0.05) is 31.1 Å². The summed E-state index contributed by atoms with van der Waals surface area (Å²) in [5.74, 6) is 0.664. The second kappa shape index (κ2) is 7.58. The van der Waals surface area contributed by atoms with E-state index in [1.807, 2.05) is 0 Å². The molecule has 2 aliphatic rings. The van der Waals surface area contributed by atoms with E-state index >= 15 is 0 Å². The van der Waals surface area contributed by atoms with Crippen molar-refractivity contribution in [3.63, 3.8) is 0 Å². The van der Waals surface area contributed by atoms with Gasteiger partial charge in [-0.05, 0) is 39.5 Å². The molecule has 4 heteroatoms. The molecule has 0 bridgehead atoms. The summed E-state index contributed by atoms with van der Waals surface area (Å²) in [6, 6.07) is 1.28. The number of nitrogens with one attached hydrogen (secondary N) is 1. The SMILES string of the molecule is CCNC1COCC1CN1CCCN(C)CC1CC. The molecular formula is C15H31N3O. The van der Waals surface area contributed by atoms with Crippen LogP contribution in [0, 0.1) is 5.92 Å². The predicted octanol–water partition coefficient (Wildman–Crippen LogP) is 1.03. The van der Waals surface area contributed by atoms with Crippen LogP contribution in [0.5, 0.6) is 0 Å².